The predicted octanol–water partition coefficient (Wildman–Crippen LogP) is 3.81. The summed E-state index contributed by atoms with van der Waals surface area (Å²) in [6, 6.07) is 13.3. The van der Waals surface area contributed by atoms with Gasteiger partial charge in [0.25, 0.3) is 0 Å². The van der Waals surface area contributed by atoms with Crippen LogP contribution < -0.4 is 5.32 Å². The number of anilines is 1. The molecule has 0 aliphatic rings. The quantitative estimate of drug-likeness (QED) is 0.853. The van der Waals surface area contributed by atoms with Crippen molar-refractivity contribution in [2.75, 3.05) is 11.1 Å². The normalized spacial score (nSPS) is 10.3. The molecular weight excluding hydrogens is 294 g/mol. The van der Waals surface area contributed by atoms with Gasteiger partial charge in [-0.05, 0) is 35.7 Å². The van der Waals surface area contributed by atoms with Crippen LogP contribution in [0.1, 0.15) is 30.9 Å². The molecule has 1 amide bonds. The van der Waals surface area contributed by atoms with Crippen LogP contribution in [0.15, 0.2) is 47.6 Å². The molecule has 0 spiro atoms. The Morgan fingerprint density at radius 1 is 1.36 bits per heavy atom. The first-order chi connectivity index (χ1) is 10.6. The number of benzene rings is 1. The van der Waals surface area contributed by atoms with Gasteiger partial charge in [-0.1, -0.05) is 37.7 Å². The lowest BCUT2D eigenvalue weighted by Gasteiger charge is -2.09. The number of aromatic nitrogens is 1. The van der Waals surface area contributed by atoms with E-state index in [2.05, 4.69) is 30.2 Å². The molecule has 4 nitrogen and oxygen atoms in total. The first kappa shape index (κ1) is 16.1. The number of nitrogens with one attached hydrogen (secondary N) is 1. The number of nitriles is 1. The molecule has 0 atom stereocenters. The third-order valence-corrected chi connectivity index (χ3v) is 4.07. The largest absolute Gasteiger partial charge is 0.325 e. The van der Waals surface area contributed by atoms with Crippen LogP contribution in [0.5, 0.6) is 0 Å². The number of nitrogens with zero attached hydrogens (tertiary/aromatic N) is 2. The fraction of sp³-hybridized carbons (Fsp3) is 0.235. The summed E-state index contributed by atoms with van der Waals surface area (Å²) in [4.78, 5) is 16.2. The summed E-state index contributed by atoms with van der Waals surface area (Å²) in [6.45, 7) is 4.22. The Balaban J connectivity index is 1.96. The van der Waals surface area contributed by atoms with Crippen LogP contribution in [0, 0.1) is 11.3 Å². The number of carbonyl (C=O) groups is 1. The molecule has 1 aromatic heterocycles. The van der Waals surface area contributed by atoms with E-state index in [1.807, 2.05) is 24.3 Å². The highest BCUT2D eigenvalue weighted by Gasteiger charge is 2.08. The maximum Gasteiger partial charge on any atom is 0.234 e. The van der Waals surface area contributed by atoms with Gasteiger partial charge in [0, 0.05) is 11.9 Å². The van der Waals surface area contributed by atoms with Crippen molar-refractivity contribution in [2.24, 2.45) is 0 Å². The van der Waals surface area contributed by atoms with E-state index in [1.165, 1.54) is 17.3 Å². The molecule has 2 aromatic rings. The molecule has 112 valence electrons. The van der Waals surface area contributed by atoms with E-state index in [1.54, 1.807) is 18.3 Å². The molecule has 0 aliphatic heterocycles. The zero-order valence-corrected chi connectivity index (χ0v) is 13.4. The van der Waals surface area contributed by atoms with Crippen LogP contribution in [0.4, 0.5) is 5.69 Å². The smallest absolute Gasteiger partial charge is 0.234 e. The molecule has 0 aliphatic carbocycles. The summed E-state index contributed by atoms with van der Waals surface area (Å²) >= 11 is 1.26. The number of hydrogen-bond donors (Lipinski definition) is 1. The highest BCUT2D eigenvalue weighted by molar-refractivity contribution is 8.00. The fourth-order valence-electron chi connectivity index (χ4n) is 1.90. The van der Waals surface area contributed by atoms with E-state index < -0.39 is 0 Å². The van der Waals surface area contributed by atoms with Crippen molar-refractivity contribution < 1.29 is 4.79 Å². The number of thioether (sulfide) groups is 1. The van der Waals surface area contributed by atoms with Crippen molar-refractivity contribution in [3.05, 3.63) is 53.7 Å². The number of rotatable bonds is 5. The van der Waals surface area contributed by atoms with Gasteiger partial charge in [-0.25, -0.2) is 4.98 Å². The third-order valence-electron chi connectivity index (χ3n) is 3.07. The van der Waals surface area contributed by atoms with Crippen LogP contribution in [0.2, 0.25) is 0 Å². The second-order valence-corrected chi connectivity index (χ2v) is 6.05. The first-order valence-electron chi connectivity index (χ1n) is 6.98. The molecule has 1 heterocycles. The van der Waals surface area contributed by atoms with Gasteiger partial charge in [-0.3, -0.25) is 4.79 Å². The Hall–Kier alpha value is -2.32. The van der Waals surface area contributed by atoms with Gasteiger partial charge in [-0.2, -0.15) is 5.26 Å². The zero-order valence-electron chi connectivity index (χ0n) is 12.5. The van der Waals surface area contributed by atoms with E-state index in [-0.39, 0.29) is 11.7 Å². The van der Waals surface area contributed by atoms with E-state index in [9.17, 15) is 4.79 Å². The average molecular weight is 311 g/mol. The zero-order chi connectivity index (χ0) is 15.9. The lowest BCUT2D eigenvalue weighted by atomic mass is 10.0. The van der Waals surface area contributed by atoms with Gasteiger partial charge in [0.15, 0.2) is 0 Å². The molecule has 0 saturated carbocycles. The summed E-state index contributed by atoms with van der Waals surface area (Å²) in [6.07, 6.45) is 1.62. The van der Waals surface area contributed by atoms with Crippen molar-refractivity contribution >= 4 is 23.4 Å². The molecule has 0 bridgehead atoms. The Morgan fingerprint density at radius 3 is 2.91 bits per heavy atom. The maximum atomic E-state index is 12.0. The molecule has 2 rings (SSSR count). The van der Waals surface area contributed by atoms with Crippen molar-refractivity contribution in [2.45, 2.75) is 24.8 Å². The maximum absolute atomic E-state index is 12.0. The standard InChI is InChI=1S/C17H17N3OS/c1-12(2)13-5-3-7-15(9-13)20-16(21)11-22-17-14(10-18)6-4-8-19-17/h3-9,12H,11H2,1-2H3,(H,20,21). The Kier molecular flexibility index (Phi) is 5.56. The van der Waals surface area contributed by atoms with Gasteiger partial charge in [0.1, 0.15) is 11.1 Å². The molecule has 0 unspecified atom stereocenters. The van der Waals surface area contributed by atoms with E-state index in [4.69, 9.17) is 5.26 Å². The lowest BCUT2D eigenvalue weighted by molar-refractivity contribution is -0.113. The van der Waals surface area contributed by atoms with E-state index in [0.717, 1.165) is 5.69 Å². The minimum absolute atomic E-state index is 0.111. The number of pyridine rings is 1. The Morgan fingerprint density at radius 2 is 2.18 bits per heavy atom. The van der Waals surface area contributed by atoms with Gasteiger partial charge in [0.05, 0.1) is 11.3 Å². The second kappa shape index (κ2) is 7.62. The summed E-state index contributed by atoms with van der Waals surface area (Å²) in [5.74, 6) is 0.524. The van der Waals surface area contributed by atoms with Crippen LogP contribution in [-0.2, 0) is 4.79 Å². The molecule has 1 N–H and O–H groups in total. The number of amides is 1. The Labute approximate surface area is 134 Å². The fourth-order valence-corrected chi connectivity index (χ4v) is 2.64. The molecule has 5 heteroatoms. The van der Waals surface area contributed by atoms with Gasteiger partial charge < -0.3 is 5.32 Å². The monoisotopic (exact) mass is 311 g/mol. The third kappa shape index (κ3) is 4.34. The van der Waals surface area contributed by atoms with E-state index >= 15 is 0 Å². The van der Waals surface area contributed by atoms with Gasteiger partial charge in [-0.15, -0.1) is 0 Å². The minimum Gasteiger partial charge on any atom is -0.325 e. The van der Waals surface area contributed by atoms with Crippen molar-refractivity contribution in [1.29, 1.82) is 5.26 Å². The van der Waals surface area contributed by atoms with Gasteiger partial charge >= 0.3 is 0 Å². The Bertz CT molecular complexity index is 707. The molecule has 1 aromatic carbocycles. The SMILES string of the molecule is CC(C)c1cccc(NC(=O)CSc2ncccc2C#N)c1. The molecule has 22 heavy (non-hydrogen) atoms. The van der Waals surface area contributed by atoms with Crippen LogP contribution in [-0.4, -0.2) is 16.6 Å². The molecular formula is C17H17N3OS. The predicted molar refractivity (Wildman–Crippen MR) is 88.8 cm³/mol. The van der Waals surface area contributed by atoms with E-state index in [0.29, 0.717) is 16.5 Å². The first-order valence-corrected chi connectivity index (χ1v) is 7.96. The van der Waals surface area contributed by atoms with Crippen molar-refractivity contribution in [3.63, 3.8) is 0 Å². The lowest BCUT2D eigenvalue weighted by Crippen LogP contribution is -2.14. The summed E-state index contributed by atoms with van der Waals surface area (Å²) in [5.41, 5.74) is 2.46. The number of hydrogen-bond acceptors (Lipinski definition) is 4. The highest BCUT2D eigenvalue weighted by Crippen LogP contribution is 2.21. The topological polar surface area (TPSA) is 65.8 Å². The van der Waals surface area contributed by atoms with Crippen molar-refractivity contribution in [3.8, 4) is 6.07 Å². The highest BCUT2D eigenvalue weighted by atomic mass is 32.2. The van der Waals surface area contributed by atoms with Crippen LogP contribution >= 0.6 is 11.8 Å². The number of carbonyl (C=O) groups excluding carboxylic acids is 1. The molecule has 0 saturated heterocycles. The van der Waals surface area contributed by atoms with Crippen molar-refractivity contribution in [1.82, 2.24) is 4.98 Å². The summed E-state index contributed by atoms with van der Waals surface area (Å²) in [5, 5.41) is 12.5. The average Bonchev–Trinajstić information content (AvgIpc) is 2.53. The van der Waals surface area contributed by atoms with Gasteiger partial charge in [0.2, 0.25) is 5.91 Å². The summed E-state index contributed by atoms with van der Waals surface area (Å²) < 4.78 is 0. The molecule has 0 radical (unpaired) electrons. The second-order valence-electron chi connectivity index (χ2n) is 5.08. The summed E-state index contributed by atoms with van der Waals surface area (Å²) in [7, 11) is 0. The molecule has 0 fully saturated rings. The van der Waals surface area contributed by atoms with Crippen LogP contribution in [0.25, 0.3) is 0 Å². The van der Waals surface area contributed by atoms with Crippen LogP contribution in [0.3, 0.4) is 0 Å². The minimum atomic E-state index is -0.111.